The number of nitrogens with one attached hydrogen (secondary N) is 2. The Labute approximate surface area is 113 Å². The Kier molecular flexibility index (Phi) is 4.42. The van der Waals surface area contributed by atoms with Gasteiger partial charge in [-0.1, -0.05) is 0 Å². The molecule has 0 bridgehead atoms. The molecule has 2 aliphatic heterocycles. The lowest BCUT2D eigenvalue weighted by atomic mass is 9.95. The van der Waals surface area contributed by atoms with Crippen LogP contribution in [-0.4, -0.2) is 62.1 Å². The highest BCUT2D eigenvalue weighted by Crippen LogP contribution is 2.22. The minimum Gasteiger partial charge on any atom is -0.362 e. The maximum Gasteiger partial charge on any atom is 0.253 e. The van der Waals surface area contributed by atoms with Gasteiger partial charge in [-0.15, -0.1) is 0 Å². The largest absolute Gasteiger partial charge is 0.362 e. The number of amides is 2. The molecule has 2 fully saturated rings. The van der Waals surface area contributed by atoms with Gasteiger partial charge < -0.3 is 20.3 Å². The van der Waals surface area contributed by atoms with E-state index in [1.165, 1.54) is 0 Å². The average Bonchev–Trinajstić information content (AvgIpc) is 2.46. The van der Waals surface area contributed by atoms with Crippen molar-refractivity contribution in [3.05, 3.63) is 0 Å². The molecular weight excluding hydrogens is 246 g/mol. The molecule has 2 amide bonds. The maximum absolute atomic E-state index is 12.5. The van der Waals surface area contributed by atoms with Gasteiger partial charge in [-0.2, -0.15) is 0 Å². The van der Waals surface area contributed by atoms with E-state index in [9.17, 15) is 9.59 Å². The summed E-state index contributed by atoms with van der Waals surface area (Å²) in [6, 6.07) is 0. The molecule has 2 N–H and O–H groups in total. The van der Waals surface area contributed by atoms with Crippen LogP contribution in [0, 0.1) is 5.92 Å². The fourth-order valence-electron chi connectivity index (χ4n) is 2.79. The molecule has 108 valence electrons. The summed E-state index contributed by atoms with van der Waals surface area (Å²) in [5, 5.41) is 5.86. The van der Waals surface area contributed by atoms with Crippen molar-refractivity contribution in [3.8, 4) is 0 Å². The maximum atomic E-state index is 12.5. The van der Waals surface area contributed by atoms with E-state index in [-0.39, 0.29) is 17.7 Å². The van der Waals surface area contributed by atoms with E-state index in [0.29, 0.717) is 19.7 Å². The normalized spacial score (nSPS) is 29.1. The lowest BCUT2D eigenvalue weighted by Gasteiger charge is -2.40. The number of carbonyl (C=O) groups is 2. The summed E-state index contributed by atoms with van der Waals surface area (Å²) in [4.78, 5) is 26.1. The zero-order valence-corrected chi connectivity index (χ0v) is 11.7. The first kappa shape index (κ1) is 14.3. The van der Waals surface area contributed by atoms with Gasteiger partial charge >= 0.3 is 0 Å². The molecule has 0 radical (unpaired) electrons. The van der Waals surface area contributed by atoms with Gasteiger partial charge in [0, 0.05) is 19.5 Å². The molecule has 0 aliphatic carbocycles. The van der Waals surface area contributed by atoms with E-state index >= 15 is 0 Å². The molecular formula is C13H23N3O3. The summed E-state index contributed by atoms with van der Waals surface area (Å²) < 4.78 is 5.57. The first-order valence-electron chi connectivity index (χ1n) is 6.92. The van der Waals surface area contributed by atoms with Crippen LogP contribution in [-0.2, 0) is 14.3 Å². The Morgan fingerprint density at radius 3 is 2.68 bits per heavy atom. The Morgan fingerprint density at radius 2 is 2.05 bits per heavy atom. The van der Waals surface area contributed by atoms with E-state index in [1.54, 1.807) is 18.9 Å². The van der Waals surface area contributed by atoms with Gasteiger partial charge in [0.05, 0.1) is 13.2 Å². The monoisotopic (exact) mass is 269 g/mol. The van der Waals surface area contributed by atoms with Crippen LogP contribution < -0.4 is 10.6 Å². The second kappa shape index (κ2) is 5.88. The van der Waals surface area contributed by atoms with E-state index in [2.05, 4.69) is 10.6 Å². The lowest BCUT2D eigenvalue weighted by Crippen LogP contribution is -2.59. The highest BCUT2D eigenvalue weighted by atomic mass is 16.5. The summed E-state index contributed by atoms with van der Waals surface area (Å²) in [5.41, 5.74) is -0.921. The molecule has 0 spiro atoms. The standard InChI is InChI=1S/C13H23N3O3/c1-13(12(18)14-2)9-16(7-8-19-13)11(17)10-3-5-15-6-4-10/h10,15H,3-9H2,1-2H3,(H,14,18). The van der Waals surface area contributed by atoms with Crippen molar-refractivity contribution in [1.29, 1.82) is 0 Å². The zero-order valence-electron chi connectivity index (χ0n) is 11.7. The number of carbonyl (C=O) groups excluding carboxylic acids is 2. The van der Waals surface area contributed by atoms with Crippen LogP contribution in [0.25, 0.3) is 0 Å². The average molecular weight is 269 g/mol. The smallest absolute Gasteiger partial charge is 0.253 e. The van der Waals surface area contributed by atoms with E-state index in [0.717, 1.165) is 25.9 Å². The van der Waals surface area contributed by atoms with E-state index < -0.39 is 5.60 Å². The Morgan fingerprint density at radius 1 is 1.37 bits per heavy atom. The van der Waals surface area contributed by atoms with E-state index in [4.69, 9.17) is 4.74 Å². The Bertz CT molecular complexity index is 355. The van der Waals surface area contributed by atoms with Crippen molar-refractivity contribution in [2.24, 2.45) is 5.92 Å². The van der Waals surface area contributed by atoms with Crippen LogP contribution >= 0.6 is 0 Å². The van der Waals surface area contributed by atoms with Crippen LogP contribution in [0.1, 0.15) is 19.8 Å². The summed E-state index contributed by atoms with van der Waals surface area (Å²) in [7, 11) is 1.59. The second-order valence-electron chi connectivity index (χ2n) is 5.44. The van der Waals surface area contributed by atoms with Crippen LogP contribution in [0.4, 0.5) is 0 Å². The van der Waals surface area contributed by atoms with Crippen molar-refractivity contribution in [2.75, 3.05) is 39.8 Å². The molecule has 0 aromatic carbocycles. The highest BCUT2D eigenvalue weighted by Gasteiger charge is 2.41. The number of piperidine rings is 1. The molecule has 6 heteroatoms. The zero-order chi connectivity index (χ0) is 13.9. The molecule has 2 saturated heterocycles. The third kappa shape index (κ3) is 3.06. The highest BCUT2D eigenvalue weighted by molar-refractivity contribution is 5.86. The van der Waals surface area contributed by atoms with E-state index in [1.807, 2.05) is 0 Å². The van der Waals surface area contributed by atoms with Crippen LogP contribution in [0.5, 0.6) is 0 Å². The van der Waals surface area contributed by atoms with Crippen molar-refractivity contribution >= 4 is 11.8 Å². The molecule has 6 nitrogen and oxygen atoms in total. The van der Waals surface area contributed by atoms with Crippen molar-refractivity contribution in [2.45, 2.75) is 25.4 Å². The summed E-state index contributed by atoms with van der Waals surface area (Å²) in [5.74, 6) is 0.0866. The molecule has 0 aromatic rings. The van der Waals surface area contributed by atoms with Crippen molar-refractivity contribution < 1.29 is 14.3 Å². The van der Waals surface area contributed by atoms with Crippen molar-refractivity contribution in [3.63, 3.8) is 0 Å². The fourth-order valence-corrected chi connectivity index (χ4v) is 2.79. The number of rotatable bonds is 2. The van der Waals surface area contributed by atoms with Gasteiger partial charge in [0.1, 0.15) is 0 Å². The predicted octanol–water partition coefficient (Wildman–Crippen LogP) is -0.650. The van der Waals surface area contributed by atoms with Gasteiger partial charge in [-0.05, 0) is 32.9 Å². The fraction of sp³-hybridized carbons (Fsp3) is 0.846. The molecule has 0 aromatic heterocycles. The molecule has 1 atom stereocenters. The minimum absolute atomic E-state index is 0.0910. The minimum atomic E-state index is -0.921. The summed E-state index contributed by atoms with van der Waals surface area (Å²) in [6.45, 7) is 4.88. The van der Waals surface area contributed by atoms with Gasteiger partial charge in [0.2, 0.25) is 5.91 Å². The topological polar surface area (TPSA) is 70.7 Å². The number of hydrogen-bond donors (Lipinski definition) is 2. The first-order valence-corrected chi connectivity index (χ1v) is 6.92. The molecule has 2 aliphatic rings. The molecule has 1 unspecified atom stereocenters. The molecule has 0 saturated carbocycles. The van der Waals surface area contributed by atoms with Crippen LogP contribution in [0.15, 0.2) is 0 Å². The number of morpholine rings is 1. The SMILES string of the molecule is CNC(=O)C1(C)CN(C(=O)C2CCNCC2)CCO1. The van der Waals surface area contributed by atoms with Gasteiger partial charge in [-0.25, -0.2) is 0 Å². The summed E-state index contributed by atoms with van der Waals surface area (Å²) >= 11 is 0. The Hall–Kier alpha value is -1.14. The van der Waals surface area contributed by atoms with Gasteiger partial charge in [0.25, 0.3) is 5.91 Å². The third-order valence-corrected chi connectivity index (χ3v) is 3.98. The second-order valence-corrected chi connectivity index (χ2v) is 5.44. The lowest BCUT2D eigenvalue weighted by molar-refractivity contribution is -0.164. The molecule has 19 heavy (non-hydrogen) atoms. The summed E-state index contributed by atoms with van der Waals surface area (Å²) in [6.07, 6.45) is 1.76. The predicted molar refractivity (Wildman–Crippen MR) is 70.6 cm³/mol. The molecule has 2 heterocycles. The number of likely N-dealkylation sites (N-methyl/N-ethyl adjacent to an activating group) is 1. The van der Waals surface area contributed by atoms with Crippen LogP contribution in [0.2, 0.25) is 0 Å². The van der Waals surface area contributed by atoms with Gasteiger partial charge in [-0.3, -0.25) is 9.59 Å². The van der Waals surface area contributed by atoms with Gasteiger partial charge in [0.15, 0.2) is 5.60 Å². The Balaban J connectivity index is 2.00. The number of nitrogens with zero attached hydrogens (tertiary/aromatic N) is 1. The number of hydrogen-bond acceptors (Lipinski definition) is 4. The molecule has 2 rings (SSSR count). The van der Waals surface area contributed by atoms with Crippen LogP contribution in [0.3, 0.4) is 0 Å². The quantitative estimate of drug-likeness (QED) is 0.699. The first-order chi connectivity index (χ1) is 9.07. The van der Waals surface area contributed by atoms with Crippen molar-refractivity contribution in [1.82, 2.24) is 15.5 Å². The third-order valence-electron chi connectivity index (χ3n) is 3.98. The number of ether oxygens (including phenoxy) is 1.